The van der Waals surface area contributed by atoms with E-state index >= 15 is 0 Å². The first-order valence-corrected chi connectivity index (χ1v) is 32.7. The number of carbonyl (C=O) groups excluding carboxylic acids is 7. The Morgan fingerprint density at radius 3 is 2.04 bits per heavy atom. The summed E-state index contributed by atoms with van der Waals surface area (Å²) < 4.78 is 33.8. The van der Waals surface area contributed by atoms with Gasteiger partial charge < -0.3 is 74.4 Å². The van der Waals surface area contributed by atoms with E-state index < -0.39 is 137 Å². The van der Waals surface area contributed by atoms with Crippen LogP contribution in [0.2, 0.25) is 0 Å². The zero-order valence-electron chi connectivity index (χ0n) is 53.8. The normalized spacial score (nSPS) is 31.2. The molecule has 1 aromatic carbocycles. The van der Waals surface area contributed by atoms with Crippen molar-refractivity contribution >= 4 is 71.4 Å². The Morgan fingerprint density at radius 2 is 1.44 bits per heavy atom. The molecule has 6 aliphatic heterocycles. The average molecular weight is 1270 g/mol. The van der Waals surface area contributed by atoms with E-state index in [1.807, 2.05) is 87.4 Å². The van der Waals surface area contributed by atoms with Crippen LogP contribution in [-0.2, 0) is 51.9 Å². The smallest absolute Gasteiger partial charge is 0.328 e. The van der Waals surface area contributed by atoms with Gasteiger partial charge in [0.1, 0.15) is 18.3 Å². The van der Waals surface area contributed by atoms with Gasteiger partial charge in [-0.05, 0) is 113 Å². The number of allylic oxidation sites excluding steroid dienone is 6. The number of hydrogen-bond acceptors (Lipinski definition) is 18. The number of hydrogen-bond donors (Lipinski definition) is 11. The van der Waals surface area contributed by atoms with Crippen LogP contribution >= 0.6 is 7.60 Å². The maximum atomic E-state index is 14.4. The van der Waals surface area contributed by atoms with E-state index in [-0.39, 0.29) is 77.2 Å². The summed E-state index contributed by atoms with van der Waals surface area (Å²) in [5.74, 6) is -6.14. The number of rotatable bonds is 26. The molecule has 14 unspecified atom stereocenters. The van der Waals surface area contributed by atoms with Crippen LogP contribution in [0.5, 0.6) is 0 Å². The fraction of sp³-hybridized carbons (Fsp3) is 0.619. The molecule has 7 heterocycles. The van der Waals surface area contributed by atoms with Gasteiger partial charge in [-0.2, -0.15) is 0 Å². The van der Waals surface area contributed by atoms with Gasteiger partial charge in [0.05, 0.1) is 41.7 Å². The largest absolute Gasteiger partial charge is 0.394 e. The number of aliphatic hydroxyl groups is 2. The van der Waals surface area contributed by atoms with Gasteiger partial charge in [-0.15, -0.1) is 0 Å². The van der Waals surface area contributed by atoms with Crippen molar-refractivity contribution in [3.05, 3.63) is 75.2 Å². The van der Waals surface area contributed by atoms with E-state index in [0.29, 0.717) is 62.0 Å². The van der Waals surface area contributed by atoms with Gasteiger partial charge in [-0.25, -0.2) is 4.98 Å². The van der Waals surface area contributed by atoms with Crippen molar-refractivity contribution in [1.29, 1.82) is 0 Å². The van der Waals surface area contributed by atoms with Gasteiger partial charge in [0.15, 0.2) is 6.23 Å². The molecular formula is C63H92N13O13P. The molecule has 26 nitrogen and oxygen atoms in total. The summed E-state index contributed by atoms with van der Waals surface area (Å²) in [6, 6.07) is 2.85. The summed E-state index contributed by atoms with van der Waals surface area (Å²) in [5, 5.41) is 32.4. The molecule has 14 atom stereocenters. The molecule has 2 aromatic rings. The van der Waals surface area contributed by atoms with Gasteiger partial charge in [-0.3, -0.25) is 52.6 Å². The molecule has 2 saturated heterocycles. The average Bonchev–Trinajstić information content (AvgIpc) is 1.53. The number of ether oxygens (including phenoxy) is 1. The minimum atomic E-state index is -4.07. The van der Waals surface area contributed by atoms with E-state index in [1.165, 1.54) is 13.0 Å². The minimum Gasteiger partial charge on any atom is -0.394 e. The summed E-state index contributed by atoms with van der Waals surface area (Å²) in [6.07, 6.45) is -3.03. The number of nitrogens with zero attached hydrogens (tertiary/aromatic N) is 4. The molecule has 2 fully saturated rings. The third-order valence-electron chi connectivity index (χ3n) is 20.5. The fourth-order valence-corrected chi connectivity index (χ4v) is 16.9. The lowest BCUT2D eigenvalue weighted by Crippen LogP contribution is -2.61. The summed E-state index contributed by atoms with van der Waals surface area (Å²) in [7, 11) is -4.07. The number of amides is 7. The van der Waals surface area contributed by atoms with Crippen molar-refractivity contribution in [1.82, 2.24) is 25.5 Å². The van der Waals surface area contributed by atoms with E-state index in [9.17, 15) is 48.3 Å². The van der Waals surface area contributed by atoms with Crippen molar-refractivity contribution in [3.8, 4) is 0 Å². The topological polar surface area (TPSA) is 439 Å². The molecule has 0 aliphatic carbocycles. The van der Waals surface area contributed by atoms with Crippen LogP contribution in [-0.4, -0.2) is 128 Å². The molecule has 1 aromatic heterocycles. The Bertz CT molecular complexity index is 3550. The fourth-order valence-electron chi connectivity index (χ4n) is 15.4. The van der Waals surface area contributed by atoms with Crippen molar-refractivity contribution in [2.45, 2.75) is 189 Å². The molecule has 8 bridgehead atoms. The van der Waals surface area contributed by atoms with E-state index in [0.717, 1.165) is 11.1 Å². The molecule has 0 spiro atoms. The number of aliphatic imine (C=N–C) groups is 2. The lowest BCUT2D eigenvalue weighted by atomic mass is 9.57. The molecule has 17 N–H and O–H groups in total. The number of carbonyl (C=O) groups is 7. The number of aryl methyl sites for hydroxylation is 2. The van der Waals surface area contributed by atoms with Crippen molar-refractivity contribution in [2.24, 2.45) is 83.8 Å². The zero-order chi connectivity index (χ0) is 66.7. The van der Waals surface area contributed by atoms with Crippen LogP contribution in [0, 0.1) is 53.3 Å². The number of nitrogens with two attached hydrogens (primary N) is 6. The van der Waals surface area contributed by atoms with Crippen LogP contribution < -0.4 is 50.4 Å². The van der Waals surface area contributed by atoms with Gasteiger partial charge >= 0.3 is 7.60 Å². The first-order valence-electron chi connectivity index (χ1n) is 30.7. The molecule has 7 amide bonds. The number of imidazole rings is 1. The molecule has 0 radical (unpaired) electrons. The number of primary amides is 6. The van der Waals surface area contributed by atoms with E-state index in [2.05, 4.69) is 20.9 Å². The Kier molecular flexibility index (Phi) is 19.5. The summed E-state index contributed by atoms with van der Waals surface area (Å²) in [4.78, 5) is 109. The Morgan fingerprint density at radius 1 is 0.822 bits per heavy atom. The summed E-state index contributed by atoms with van der Waals surface area (Å²) in [6.45, 7) is 21.2. The van der Waals surface area contributed by atoms with Gasteiger partial charge in [0, 0.05) is 132 Å². The number of nitrogens with one attached hydrogen (secondary N) is 3. The lowest BCUT2D eigenvalue weighted by Gasteiger charge is -2.49. The molecular weight excluding hydrogens is 1180 g/mol. The first-order chi connectivity index (χ1) is 41.8. The third kappa shape index (κ3) is 12.9. The predicted molar refractivity (Wildman–Crippen MR) is 337 cm³/mol. The molecule has 90 heavy (non-hydrogen) atoms. The van der Waals surface area contributed by atoms with E-state index in [1.54, 1.807) is 11.5 Å². The highest BCUT2D eigenvalue weighted by Gasteiger charge is 2.65. The van der Waals surface area contributed by atoms with Crippen molar-refractivity contribution in [2.75, 3.05) is 19.8 Å². The van der Waals surface area contributed by atoms with Crippen LogP contribution in [0.25, 0.3) is 11.0 Å². The minimum absolute atomic E-state index is 0.0227. The number of aliphatic hydroxyl groups excluding tert-OH is 2. The summed E-state index contributed by atoms with van der Waals surface area (Å²) >= 11 is 0. The second kappa shape index (κ2) is 25.5. The standard InChI is InChI=1S/C63H92N13O13P/c1-30-21-40-41(22-31(30)2)76(29-71-40)58-53(85)54(42(28-77)87-58)89-90(12,86)88-32(3)27-70-50(84)19-20-60(8)38(23-47(67)81)57-63(11)62(10,26-49(69)83)37(15-18-46(66)80)52(75-63)34(5)56-61(9,25-48(68)82)35(13-16-44(64)78)39(72-56)24-43-59(6,7)36(14-17-45(65)79)51(73-43)33(4)55(60)74-57/h21-22,24,29,32,35-36,38,42,53-54,57-58,72,75,77,85H,13-20,23,25-28H2,1-12H3,(H2,64,78)(H2,65,79)(H2,66,80)(H2,67,81)(H2,68,82)(H2,69,83)(H,70,84). The summed E-state index contributed by atoms with van der Waals surface area (Å²) in [5.41, 5.74) is 38.7. The number of fused-ring (bicyclic) bond motifs is 8. The first kappa shape index (κ1) is 68.8. The Labute approximate surface area is 524 Å². The Hall–Kier alpha value is -7.09. The quantitative estimate of drug-likeness (QED) is 0.0599. The van der Waals surface area contributed by atoms with Gasteiger partial charge in [0.25, 0.3) is 0 Å². The Balaban J connectivity index is 1.19. The maximum absolute atomic E-state index is 14.4. The van der Waals surface area contributed by atoms with Gasteiger partial charge in [-0.1, -0.05) is 34.6 Å². The van der Waals surface area contributed by atoms with Crippen molar-refractivity contribution < 1.29 is 62.1 Å². The van der Waals surface area contributed by atoms with Crippen LogP contribution in [0.4, 0.5) is 0 Å². The van der Waals surface area contributed by atoms with Crippen molar-refractivity contribution in [3.63, 3.8) is 0 Å². The molecule has 6 aliphatic rings. The van der Waals surface area contributed by atoms with E-state index in [4.69, 9.17) is 58.2 Å². The van der Waals surface area contributed by atoms with Crippen LogP contribution in [0.15, 0.2) is 74.0 Å². The highest BCUT2D eigenvalue weighted by atomic mass is 31.2. The number of benzene rings is 1. The molecule has 27 heteroatoms. The van der Waals surface area contributed by atoms with Crippen LogP contribution in [0.1, 0.15) is 150 Å². The lowest BCUT2D eigenvalue weighted by molar-refractivity contribution is -0.123. The molecule has 492 valence electrons. The van der Waals surface area contributed by atoms with Crippen LogP contribution in [0.3, 0.4) is 0 Å². The third-order valence-corrected chi connectivity index (χ3v) is 21.9. The molecule has 0 saturated carbocycles. The highest BCUT2D eigenvalue weighted by molar-refractivity contribution is 7.53. The number of aromatic nitrogens is 2. The highest BCUT2D eigenvalue weighted by Crippen LogP contribution is 2.62. The second-order valence-electron chi connectivity index (χ2n) is 27.2. The monoisotopic (exact) mass is 1270 g/mol. The SMILES string of the molecule is CC1=C2N=C(C=C3NC(=C(C)C4=C(CCC(N)=O)C(C)(CC(N)=O)C(C)(N4)C4N=C1C(C)(CCC(=O)NCC(C)OP(C)(=O)OC1C(CO)OC(n5cnc6cc(C)c(C)cc65)C1O)C4CC(N)=O)C(C)(CC(N)=O)C3CCC(N)=O)C(C)(C)C2CCC(N)=O. The molecule has 8 rings (SSSR count). The second-order valence-corrected chi connectivity index (χ2v) is 29.2. The zero-order valence-corrected chi connectivity index (χ0v) is 54.7. The maximum Gasteiger partial charge on any atom is 0.328 e. The predicted octanol–water partition coefficient (Wildman–Crippen LogP) is 3.67. The van der Waals surface area contributed by atoms with Gasteiger partial charge in [0.2, 0.25) is 41.4 Å².